The van der Waals surface area contributed by atoms with Crippen molar-refractivity contribution >= 4 is 17.5 Å². The molecule has 0 radical (unpaired) electrons. The Morgan fingerprint density at radius 3 is 2.67 bits per heavy atom. The van der Waals surface area contributed by atoms with Gasteiger partial charge in [0, 0.05) is 23.8 Å². The van der Waals surface area contributed by atoms with Crippen molar-refractivity contribution < 1.29 is 4.79 Å². The fourth-order valence-corrected chi connectivity index (χ4v) is 3.30. The van der Waals surface area contributed by atoms with Crippen molar-refractivity contribution in [3.8, 4) is 0 Å². The monoisotopic (exact) mass is 361 g/mol. The highest BCUT2D eigenvalue weighted by atomic mass is 16.1. The Morgan fingerprint density at radius 1 is 1.15 bits per heavy atom. The topological polar surface area (TPSA) is 97.6 Å². The van der Waals surface area contributed by atoms with Gasteiger partial charge in [0.05, 0.1) is 5.57 Å². The summed E-state index contributed by atoms with van der Waals surface area (Å²) >= 11 is 0. The minimum Gasteiger partial charge on any atom is -0.326 e. The summed E-state index contributed by atoms with van der Waals surface area (Å²) in [4.78, 5) is 17.3. The maximum Gasteiger partial charge on any atom is 0.255 e. The van der Waals surface area contributed by atoms with Crippen molar-refractivity contribution in [1.29, 1.82) is 0 Å². The summed E-state index contributed by atoms with van der Waals surface area (Å²) in [5.41, 5.74) is 5.08. The zero-order valence-corrected chi connectivity index (χ0v) is 15.3. The maximum atomic E-state index is 13.2. The highest BCUT2D eigenvalue weighted by Gasteiger charge is 2.34. The van der Waals surface area contributed by atoms with Gasteiger partial charge >= 0.3 is 0 Å². The molecule has 136 valence electrons. The summed E-state index contributed by atoms with van der Waals surface area (Å²) in [6, 6.07) is 9.21. The van der Waals surface area contributed by atoms with E-state index in [2.05, 4.69) is 31.1 Å². The van der Waals surface area contributed by atoms with Gasteiger partial charge in [0.1, 0.15) is 6.04 Å². The van der Waals surface area contributed by atoms with Crippen molar-refractivity contribution in [3.63, 3.8) is 0 Å². The van der Waals surface area contributed by atoms with Gasteiger partial charge < -0.3 is 10.6 Å². The number of anilines is 2. The van der Waals surface area contributed by atoms with Crippen LogP contribution in [0.25, 0.3) is 0 Å². The van der Waals surface area contributed by atoms with Crippen LogP contribution in [-0.4, -0.2) is 31.1 Å². The minimum absolute atomic E-state index is 0.199. The molecule has 0 aliphatic carbocycles. The Balaban J connectivity index is 1.75. The lowest BCUT2D eigenvalue weighted by molar-refractivity contribution is -0.113. The molecule has 0 fully saturated rings. The Bertz CT molecular complexity index is 1040. The molecule has 27 heavy (non-hydrogen) atoms. The molecule has 0 unspecified atom stereocenters. The predicted molar refractivity (Wildman–Crippen MR) is 101 cm³/mol. The smallest absolute Gasteiger partial charge is 0.255 e. The van der Waals surface area contributed by atoms with Gasteiger partial charge in [-0.3, -0.25) is 9.78 Å². The lowest BCUT2D eigenvalue weighted by atomic mass is 9.95. The second-order valence-electron chi connectivity index (χ2n) is 6.57. The van der Waals surface area contributed by atoms with Crippen LogP contribution >= 0.6 is 0 Å². The molecule has 8 heteroatoms. The molecule has 1 amide bonds. The van der Waals surface area contributed by atoms with Crippen molar-refractivity contribution in [1.82, 2.24) is 25.2 Å². The molecule has 3 heterocycles. The quantitative estimate of drug-likeness (QED) is 0.744. The van der Waals surface area contributed by atoms with Crippen LogP contribution in [0.4, 0.5) is 11.6 Å². The zero-order chi connectivity index (χ0) is 19.0. The van der Waals surface area contributed by atoms with Gasteiger partial charge in [0.2, 0.25) is 5.95 Å². The second-order valence-corrected chi connectivity index (χ2v) is 6.57. The number of hydrogen-bond donors (Lipinski definition) is 2. The summed E-state index contributed by atoms with van der Waals surface area (Å²) in [5, 5.41) is 17.9. The molecule has 0 saturated carbocycles. The molecule has 2 N–H and O–H groups in total. The third-order valence-corrected chi connectivity index (χ3v) is 4.61. The Labute approximate surface area is 156 Å². The van der Waals surface area contributed by atoms with Crippen molar-refractivity contribution in [2.75, 3.05) is 10.6 Å². The number of nitrogens with zero attached hydrogens (tertiary/aromatic N) is 5. The van der Waals surface area contributed by atoms with Crippen LogP contribution in [0, 0.1) is 13.8 Å². The van der Waals surface area contributed by atoms with Gasteiger partial charge in [-0.2, -0.15) is 4.68 Å². The number of allylic oxidation sites excluding steroid dienone is 1. The van der Waals surface area contributed by atoms with E-state index in [4.69, 9.17) is 0 Å². The Kier molecular flexibility index (Phi) is 4.15. The van der Waals surface area contributed by atoms with E-state index >= 15 is 0 Å². The highest BCUT2D eigenvalue weighted by Crippen LogP contribution is 2.34. The van der Waals surface area contributed by atoms with Crippen LogP contribution in [0.5, 0.6) is 0 Å². The molecule has 0 saturated heterocycles. The lowest BCUT2D eigenvalue weighted by Crippen LogP contribution is -2.31. The van der Waals surface area contributed by atoms with Gasteiger partial charge in [-0.15, -0.1) is 0 Å². The molecule has 1 atom stereocenters. The number of benzene rings is 1. The number of hydrogen-bond acceptors (Lipinski definition) is 6. The number of aromatic nitrogens is 5. The van der Waals surface area contributed by atoms with E-state index in [-0.39, 0.29) is 5.91 Å². The minimum atomic E-state index is -0.440. The molecular formula is C19H19N7O. The lowest BCUT2D eigenvalue weighted by Gasteiger charge is -2.28. The molecule has 4 rings (SSSR count). The van der Waals surface area contributed by atoms with Crippen molar-refractivity contribution in [2.24, 2.45) is 0 Å². The number of nitrogens with one attached hydrogen (secondary N) is 2. The van der Waals surface area contributed by atoms with Crippen molar-refractivity contribution in [3.05, 3.63) is 70.7 Å². The number of pyridine rings is 1. The number of carbonyl (C=O) groups is 1. The maximum absolute atomic E-state index is 13.2. The normalized spacial score (nSPS) is 15.9. The number of aryl methyl sites for hydroxylation is 2. The summed E-state index contributed by atoms with van der Waals surface area (Å²) < 4.78 is 1.61. The molecule has 3 aromatic rings. The van der Waals surface area contributed by atoms with E-state index in [0.717, 1.165) is 22.4 Å². The summed E-state index contributed by atoms with van der Waals surface area (Å²) in [7, 11) is 0. The van der Waals surface area contributed by atoms with Crippen LogP contribution in [0.2, 0.25) is 0 Å². The summed E-state index contributed by atoms with van der Waals surface area (Å²) in [5.74, 6) is 0.298. The first-order valence-electron chi connectivity index (χ1n) is 8.59. The van der Waals surface area contributed by atoms with Gasteiger partial charge in [-0.05, 0) is 60.5 Å². The van der Waals surface area contributed by atoms with E-state index in [9.17, 15) is 4.79 Å². The number of fused-ring (bicyclic) bond motifs is 1. The fourth-order valence-electron chi connectivity index (χ4n) is 3.30. The fraction of sp³-hybridized carbons (Fsp3) is 0.211. The number of rotatable bonds is 3. The average Bonchev–Trinajstić information content (AvgIpc) is 3.11. The Hall–Kier alpha value is -3.55. The average molecular weight is 361 g/mol. The molecule has 1 aliphatic rings. The third kappa shape index (κ3) is 3.05. The van der Waals surface area contributed by atoms with E-state index in [0.29, 0.717) is 17.2 Å². The molecule has 1 aliphatic heterocycles. The Morgan fingerprint density at radius 2 is 1.93 bits per heavy atom. The van der Waals surface area contributed by atoms with Gasteiger partial charge in [-0.25, -0.2) is 0 Å². The highest BCUT2D eigenvalue weighted by molar-refractivity contribution is 6.06. The van der Waals surface area contributed by atoms with Crippen LogP contribution in [0.3, 0.4) is 0 Å². The van der Waals surface area contributed by atoms with E-state index in [1.807, 2.05) is 51.1 Å². The van der Waals surface area contributed by atoms with E-state index < -0.39 is 6.04 Å². The molecule has 1 aromatic carbocycles. The zero-order valence-electron chi connectivity index (χ0n) is 15.3. The summed E-state index contributed by atoms with van der Waals surface area (Å²) in [6.45, 7) is 5.85. The number of tetrazole rings is 1. The van der Waals surface area contributed by atoms with Gasteiger partial charge in [0.15, 0.2) is 0 Å². The largest absolute Gasteiger partial charge is 0.326 e. The molecular weight excluding hydrogens is 342 g/mol. The van der Waals surface area contributed by atoms with Crippen LogP contribution in [0.1, 0.15) is 29.7 Å². The third-order valence-electron chi connectivity index (χ3n) is 4.61. The second kappa shape index (κ2) is 6.64. The molecule has 8 nitrogen and oxygen atoms in total. The molecule has 0 bridgehead atoms. The first-order chi connectivity index (χ1) is 13.0. The predicted octanol–water partition coefficient (Wildman–Crippen LogP) is 2.61. The summed E-state index contributed by atoms with van der Waals surface area (Å²) in [6.07, 6.45) is 3.38. The van der Waals surface area contributed by atoms with Gasteiger partial charge in [-0.1, -0.05) is 22.8 Å². The van der Waals surface area contributed by atoms with Crippen molar-refractivity contribution in [2.45, 2.75) is 26.8 Å². The number of carbonyl (C=O) groups excluding carboxylic acids is 1. The molecule has 0 spiro atoms. The van der Waals surface area contributed by atoms with Crippen LogP contribution in [0.15, 0.2) is 54.0 Å². The van der Waals surface area contributed by atoms with E-state index in [1.165, 1.54) is 0 Å². The van der Waals surface area contributed by atoms with Gasteiger partial charge in [0.25, 0.3) is 5.91 Å². The first kappa shape index (κ1) is 16.9. The van der Waals surface area contributed by atoms with Crippen LogP contribution in [-0.2, 0) is 4.79 Å². The SMILES string of the molecule is CC1=C(C(=O)Nc2ccc(C)cc2C)[C@@H](c2ccncc2)n2nnnc2N1. The molecule has 2 aromatic heterocycles. The van der Waals surface area contributed by atoms with Crippen LogP contribution < -0.4 is 10.6 Å². The first-order valence-corrected chi connectivity index (χ1v) is 8.59. The standard InChI is InChI=1S/C19H19N7O/c1-11-4-5-15(12(2)10-11)22-18(27)16-13(3)21-19-23-24-25-26(19)17(16)14-6-8-20-9-7-14/h4-10,17H,1-3H3,(H,22,27)(H,21,23,25)/t17-/m1/s1. The van der Waals surface area contributed by atoms with E-state index in [1.54, 1.807) is 17.1 Å². The number of amides is 1.